The van der Waals surface area contributed by atoms with Gasteiger partial charge >= 0.3 is 0 Å². The largest absolute Gasteiger partial charge is 0.313 e. The van der Waals surface area contributed by atoms with Gasteiger partial charge in [-0.05, 0) is 55.8 Å². The molecule has 0 amide bonds. The van der Waals surface area contributed by atoms with Crippen molar-refractivity contribution in [1.29, 1.82) is 0 Å². The van der Waals surface area contributed by atoms with Crippen LogP contribution < -0.4 is 5.32 Å². The molecule has 1 aromatic heterocycles. The molecule has 126 valence electrons. The van der Waals surface area contributed by atoms with Gasteiger partial charge in [0.05, 0.1) is 0 Å². The highest BCUT2D eigenvalue weighted by atomic mass is 16.1. The minimum absolute atomic E-state index is 0.0850. The number of aryl methyl sites for hydroxylation is 2. The summed E-state index contributed by atoms with van der Waals surface area (Å²) in [7, 11) is 1.87. The van der Waals surface area contributed by atoms with Crippen molar-refractivity contribution >= 4 is 5.78 Å². The Morgan fingerprint density at radius 3 is 2.67 bits per heavy atom. The maximum atomic E-state index is 12.3. The van der Waals surface area contributed by atoms with Gasteiger partial charge in [0, 0.05) is 31.1 Å². The molecule has 2 unspecified atom stereocenters. The number of hydrogen-bond acceptors (Lipinski definition) is 3. The lowest BCUT2D eigenvalue weighted by molar-refractivity contribution is 0.0987. The predicted molar refractivity (Wildman–Crippen MR) is 94.3 cm³/mol. The molecule has 2 fully saturated rings. The number of nitrogens with one attached hydrogen (secondary N) is 1. The fourth-order valence-electron chi connectivity index (χ4n) is 3.28. The molecule has 2 atom stereocenters. The van der Waals surface area contributed by atoms with E-state index < -0.39 is 0 Å². The summed E-state index contributed by atoms with van der Waals surface area (Å²) in [5.41, 5.74) is 4.03. The Bertz CT molecular complexity index is 723. The smallest absolute Gasteiger partial charge is 0.187 e. The average Bonchev–Trinajstić information content (AvgIpc) is 3.47. The molecule has 0 bridgehead atoms. The molecule has 2 aliphatic rings. The van der Waals surface area contributed by atoms with E-state index in [2.05, 4.69) is 34.7 Å². The highest BCUT2D eigenvalue weighted by Gasteiger charge is 2.38. The first-order chi connectivity index (χ1) is 11.6. The van der Waals surface area contributed by atoms with Crippen LogP contribution in [0.4, 0.5) is 0 Å². The van der Waals surface area contributed by atoms with Crippen LogP contribution in [-0.2, 0) is 13.5 Å². The highest BCUT2D eigenvalue weighted by Crippen LogP contribution is 2.41. The van der Waals surface area contributed by atoms with E-state index in [4.69, 9.17) is 0 Å². The standard InChI is InChI=1S/C20H25N3O/c1-13-9-19(22-23(13)2)20(24)10-14-5-7-16(8-6-14)17-11-18(17)21-12-15-3-4-15/h5-9,15,17-18,21H,3-4,10-12H2,1-2H3. The zero-order chi connectivity index (χ0) is 16.7. The minimum Gasteiger partial charge on any atom is -0.313 e. The minimum atomic E-state index is 0.0850. The van der Waals surface area contributed by atoms with Crippen molar-refractivity contribution in [3.05, 3.63) is 52.8 Å². The Morgan fingerprint density at radius 1 is 1.29 bits per heavy atom. The average molecular weight is 323 g/mol. The third-order valence-corrected chi connectivity index (χ3v) is 5.33. The third-order valence-electron chi connectivity index (χ3n) is 5.33. The molecule has 1 heterocycles. The fourth-order valence-corrected chi connectivity index (χ4v) is 3.28. The van der Waals surface area contributed by atoms with Crippen molar-refractivity contribution in [2.45, 2.75) is 44.6 Å². The molecular weight excluding hydrogens is 298 g/mol. The van der Waals surface area contributed by atoms with Crippen LogP contribution in [0.2, 0.25) is 0 Å². The van der Waals surface area contributed by atoms with E-state index in [9.17, 15) is 4.79 Å². The summed E-state index contributed by atoms with van der Waals surface area (Å²) in [6, 6.07) is 11.1. The summed E-state index contributed by atoms with van der Waals surface area (Å²) in [6.07, 6.45) is 4.48. The van der Waals surface area contributed by atoms with Crippen LogP contribution in [0.1, 0.15) is 52.5 Å². The monoisotopic (exact) mass is 323 g/mol. The Labute approximate surface area is 143 Å². The molecule has 4 rings (SSSR count). The van der Waals surface area contributed by atoms with Gasteiger partial charge in [-0.3, -0.25) is 9.48 Å². The molecule has 0 radical (unpaired) electrons. The maximum absolute atomic E-state index is 12.3. The van der Waals surface area contributed by atoms with Gasteiger partial charge in [0.25, 0.3) is 0 Å². The van der Waals surface area contributed by atoms with E-state index in [0.717, 1.165) is 17.2 Å². The lowest BCUT2D eigenvalue weighted by atomic mass is 10.0. The summed E-state index contributed by atoms with van der Waals surface area (Å²) >= 11 is 0. The number of carbonyl (C=O) groups excluding carboxylic acids is 1. The lowest BCUT2D eigenvalue weighted by Gasteiger charge is -2.05. The first kappa shape index (κ1) is 15.6. The quantitative estimate of drug-likeness (QED) is 0.797. The molecule has 2 aliphatic carbocycles. The van der Waals surface area contributed by atoms with Crippen molar-refractivity contribution in [3.63, 3.8) is 0 Å². The van der Waals surface area contributed by atoms with Crippen LogP contribution in [0, 0.1) is 12.8 Å². The van der Waals surface area contributed by atoms with Crippen LogP contribution >= 0.6 is 0 Å². The Morgan fingerprint density at radius 2 is 2.04 bits per heavy atom. The highest BCUT2D eigenvalue weighted by molar-refractivity contribution is 5.95. The van der Waals surface area contributed by atoms with Gasteiger partial charge < -0.3 is 5.32 Å². The molecule has 4 nitrogen and oxygen atoms in total. The van der Waals surface area contributed by atoms with Gasteiger partial charge in [0.15, 0.2) is 5.78 Å². The Balaban J connectivity index is 1.33. The molecule has 2 saturated carbocycles. The third kappa shape index (κ3) is 3.44. The van der Waals surface area contributed by atoms with E-state index in [1.165, 1.54) is 31.4 Å². The van der Waals surface area contributed by atoms with Gasteiger partial charge in [-0.1, -0.05) is 24.3 Å². The predicted octanol–water partition coefficient (Wildman–Crippen LogP) is 3.01. The second kappa shape index (κ2) is 6.17. The van der Waals surface area contributed by atoms with Crippen molar-refractivity contribution in [2.24, 2.45) is 13.0 Å². The number of rotatable bonds is 7. The summed E-state index contributed by atoms with van der Waals surface area (Å²) in [5.74, 6) is 1.68. The van der Waals surface area contributed by atoms with Gasteiger partial charge in [0.2, 0.25) is 0 Å². The number of ketones is 1. The molecule has 0 aliphatic heterocycles. The summed E-state index contributed by atoms with van der Waals surface area (Å²) in [5, 5.41) is 7.95. The molecule has 2 aromatic rings. The summed E-state index contributed by atoms with van der Waals surface area (Å²) < 4.78 is 1.75. The number of nitrogens with zero attached hydrogens (tertiary/aromatic N) is 2. The second-order valence-electron chi connectivity index (χ2n) is 7.44. The molecule has 0 saturated heterocycles. The SMILES string of the molecule is Cc1cc(C(=O)Cc2ccc(C3CC3NCC3CC3)cc2)nn1C. The van der Waals surface area contributed by atoms with Crippen molar-refractivity contribution in [2.75, 3.05) is 6.54 Å². The zero-order valence-electron chi connectivity index (χ0n) is 14.5. The van der Waals surface area contributed by atoms with E-state index in [1.807, 2.05) is 20.0 Å². The van der Waals surface area contributed by atoms with E-state index in [0.29, 0.717) is 24.1 Å². The number of carbonyl (C=O) groups is 1. The zero-order valence-corrected chi connectivity index (χ0v) is 14.5. The van der Waals surface area contributed by atoms with E-state index in [-0.39, 0.29) is 5.78 Å². The van der Waals surface area contributed by atoms with Crippen LogP contribution in [0.5, 0.6) is 0 Å². The molecule has 0 spiro atoms. The first-order valence-electron chi connectivity index (χ1n) is 8.96. The molecular formula is C20H25N3O. The van der Waals surface area contributed by atoms with Gasteiger partial charge in [-0.25, -0.2) is 0 Å². The summed E-state index contributed by atoms with van der Waals surface area (Å²) in [6.45, 7) is 3.15. The molecule has 4 heteroatoms. The van der Waals surface area contributed by atoms with Crippen molar-refractivity contribution in [1.82, 2.24) is 15.1 Å². The Hall–Kier alpha value is -1.94. The van der Waals surface area contributed by atoms with E-state index >= 15 is 0 Å². The number of aromatic nitrogens is 2. The van der Waals surface area contributed by atoms with Crippen LogP contribution in [-0.4, -0.2) is 28.2 Å². The lowest BCUT2D eigenvalue weighted by Crippen LogP contribution is -2.20. The normalized spacial score (nSPS) is 22.6. The molecule has 1 N–H and O–H groups in total. The van der Waals surface area contributed by atoms with Crippen molar-refractivity contribution < 1.29 is 4.79 Å². The maximum Gasteiger partial charge on any atom is 0.187 e. The van der Waals surface area contributed by atoms with Crippen LogP contribution in [0.15, 0.2) is 30.3 Å². The van der Waals surface area contributed by atoms with E-state index in [1.54, 1.807) is 4.68 Å². The van der Waals surface area contributed by atoms with Gasteiger partial charge in [-0.15, -0.1) is 0 Å². The first-order valence-corrected chi connectivity index (χ1v) is 8.96. The van der Waals surface area contributed by atoms with Crippen LogP contribution in [0.25, 0.3) is 0 Å². The second-order valence-corrected chi connectivity index (χ2v) is 7.44. The number of Topliss-reactive ketones (excluding diaryl/α,β-unsaturated/α-hetero) is 1. The topological polar surface area (TPSA) is 46.9 Å². The van der Waals surface area contributed by atoms with Gasteiger partial charge in [-0.2, -0.15) is 5.10 Å². The molecule has 24 heavy (non-hydrogen) atoms. The number of hydrogen-bond donors (Lipinski definition) is 1. The van der Waals surface area contributed by atoms with Crippen molar-refractivity contribution in [3.8, 4) is 0 Å². The summed E-state index contributed by atoms with van der Waals surface area (Å²) in [4.78, 5) is 12.3. The van der Waals surface area contributed by atoms with Crippen LogP contribution in [0.3, 0.4) is 0 Å². The number of benzene rings is 1. The Kier molecular flexibility index (Phi) is 4.01. The fraction of sp³-hybridized carbons (Fsp3) is 0.500. The van der Waals surface area contributed by atoms with Gasteiger partial charge in [0.1, 0.15) is 5.69 Å². The molecule has 1 aromatic carbocycles.